The summed E-state index contributed by atoms with van der Waals surface area (Å²) >= 11 is 0. The van der Waals surface area contributed by atoms with Crippen molar-refractivity contribution in [2.45, 2.75) is 51.7 Å². The first-order valence-corrected chi connectivity index (χ1v) is 13.0. The summed E-state index contributed by atoms with van der Waals surface area (Å²) in [6.45, 7) is 3.09. The van der Waals surface area contributed by atoms with Crippen LogP contribution in [0.4, 0.5) is 9.18 Å². The number of carbonyl (C=O) groups excluding carboxylic acids is 1. The van der Waals surface area contributed by atoms with Crippen LogP contribution < -0.4 is 16.8 Å². The maximum atomic E-state index is 14.4. The molecule has 0 saturated heterocycles. The Balaban J connectivity index is 1.50. The van der Waals surface area contributed by atoms with Crippen LogP contribution in [0.2, 0.25) is 0 Å². The second-order valence-corrected chi connectivity index (χ2v) is 9.72. The molecule has 1 heterocycles. The van der Waals surface area contributed by atoms with Crippen molar-refractivity contribution in [2.24, 2.45) is 28.3 Å². The van der Waals surface area contributed by atoms with Crippen molar-refractivity contribution in [1.29, 1.82) is 0 Å². The number of alkyl carbamates (subject to hydrolysis) is 1. The van der Waals surface area contributed by atoms with E-state index in [2.05, 4.69) is 10.3 Å². The van der Waals surface area contributed by atoms with E-state index >= 15 is 0 Å². The molecule has 0 unspecified atom stereocenters. The molecule has 1 amide bonds. The molecular formula is C29H36FN5O2. The number of allylic oxidation sites excluding steroid dienone is 3. The van der Waals surface area contributed by atoms with Crippen LogP contribution in [0, 0.1) is 17.7 Å². The minimum Gasteiger partial charge on any atom is -0.445 e. The number of aromatic nitrogens is 1. The van der Waals surface area contributed by atoms with Gasteiger partial charge in [0.25, 0.3) is 0 Å². The minimum absolute atomic E-state index is 0.190. The molecule has 0 aliphatic heterocycles. The van der Waals surface area contributed by atoms with Gasteiger partial charge in [0.05, 0.1) is 17.9 Å². The van der Waals surface area contributed by atoms with E-state index in [1.54, 1.807) is 0 Å². The molecule has 0 atom stereocenters. The summed E-state index contributed by atoms with van der Waals surface area (Å²) in [7, 11) is 0. The molecule has 0 radical (unpaired) electrons. The van der Waals surface area contributed by atoms with Gasteiger partial charge < -0.3 is 21.5 Å². The van der Waals surface area contributed by atoms with Crippen LogP contribution in [0.25, 0.3) is 11.1 Å². The van der Waals surface area contributed by atoms with E-state index in [0.29, 0.717) is 36.1 Å². The van der Waals surface area contributed by atoms with Crippen LogP contribution in [-0.2, 0) is 11.3 Å². The number of halogens is 1. The fourth-order valence-electron chi connectivity index (χ4n) is 4.46. The molecule has 1 aromatic carbocycles. The zero-order chi connectivity index (χ0) is 26.2. The number of nitrogens with one attached hydrogen (secondary N) is 1. The van der Waals surface area contributed by atoms with E-state index in [9.17, 15) is 9.18 Å². The highest BCUT2D eigenvalue weighted by molar-refractivity contribution is 6.12. The zero-order valence-corrected chi connectivity index (χ0v) is 21.3. The van der Waals surface area contributed by atoms with Gasteiger partial charge in [0.2, 0.25) is 0 Å². The molecule has 37 heavy (non-hydrogen) atoms. The number of ether oxygens (including phenoxy) is 1. The monoisotopic (exact) mass is 505 g/mol. The van der Waals surface area contributed by atoms with Gasteiger partial charge in [0, 0.05) is 29.6 Å². The van der Waals surface area contributed by atoms with Crippen molar-refractivity contribution in [3.8, 4) is 0 Å². The molecule has 1 aromatic heterocycles. The first-order chi connectivity index (χ1) is 18.0. The fraction of sp³-hybridized carbons (Fsp3) is 0.414. The van der Waals surface area contributed by atoms with Crippen molar-refractivity contribution in [3.05, 3.63) is 77.0 Å². The summed E-state index contributed by atoms with van der Waals surface area (Å²) < 4.78 is 19.7. The van der Waals surface area contributed by atoms with E-state index in [4.69, 9.17) is 21.2 Å². The van der Waals surface area contributed by atoms with Crippen LogP contribution in [0.5, 0.6) is 0 Å². The molecule has 2 saturated carbocycles. The summed E-state index contributed by atoms with van der Waals surface area (Å²) in [6.07, 6.45) is 9.01. The Morgan fingerprint density at radius 1 is 1.27 bits per heavy atom. The SMILES string of the molecule is CC/C(=C\CNC(=O)OCc1ccccc1)c1cc(F)cnc1/C(C=NC1CC(CN)C1)=C(/N)C1CC1. The highest BCUT2D eigenvalue weighted by Gasteiger charge is 2.30. The van der Waals surface area contributed by atoms with Gasteiger partial charge in [-0.1, -0.05) is 43.3 Å². The highest BCUT2D eigenvalue weighted by atomic mass is 19.1. The predicted molar refractivity (Wildman–Crippen MR) is 145 cm³/mol. The third kappa shape index (κ3) is 7.26. The van der Waals surface area contributed by atoms with Crippen LogP contribution in [0.1, 0.15) is 55.8 Å². The quantitative estimate of drug-likeness (QED) is 0.379. The van der Waals surface area contributed by atoms with Crippen LogP contribution >= 0.6 is 0 Å². The van der Waals surface area contributed by atoms with Gasteiger partial charge in [-0.3, -0.25) is 9.98 Å². The number of pyridine rings is 1. The minimum atomic E-state index is -0.518. The maximum absolute atomic E-state index is 14.4. The molecule has 5 N–H and O–H groups in total. The van der Waals surface area contributed by atoms with Gasteiger partial charge in [0.1, 0.15) is 12.4 Å². The Bertz CT molecular complexity index is 1170. The van der Waals surface area contributed by atoms with Gasteiger partial charge in [-0.05, 0) is 67.7 Å². The van der Waals surface area contributed by atoms with E-state index in [1.165, 1.54) is 12.3 Å². The molecule has 7 nitrogen and oxygen atoms in total. The van der Waals surface area contributed by atoms with E-state index in [1.807, 2.05) is 49.5 Å². The highest BCUT2D eigenvalue weighted by Crippen LogP contribution is 2.38. The van der Waals surface area contributed by atoms with Crippen molar-refractivity contribution in [1.82, 2.24) is 10.3 Å². The number of aliphatic imine (C=N–C) groups is 1. The Morgan fingerprint density at radius 3 is 2.70 bits per heavy atom. The number of benzene rings is 1. The summed E-state index contributed by atoms with van der Waals surface area (Å²) in [6, 6.07) is 11.2. The number of amides is 1. The number of nitrogens with two attached hydrogens (primary N) is 2. The normalized spacial score (nSPS) is 20.4. The molecule has 2 aliphatic rings. The number of hydrogen-bond donors (Lipinski definition) is 3. The molecule has 0 spiro atoms. The second-order valence-electron chi connectivity index (χ2n) is 9.72. The zero-order valence-electron chi connectivity index (χ0n) is 21.3. The van der Waals surface area contributed by atoms with Gasteiger partial charge in [0.15, 0.2) is 0 Å². The summed E-state index contributed by atoms with van der Waals surface area (Å²) in [4.78, 5) is 21.4. The molecule has 4 rings (SSSR count). The van der Waals surface area contributed by atoms with Crippen LogP contribution in [0.15, 0.2) is 59.4 Å². The molecule has 2 fully saturated rings. The standard InChI is InChI=1S/C29H36FN5O2/c1-2-21(10-11-33-29(36)37-18-19-6-4-3-5-7-19)25-14-23(30)16-35-28(25)26(27(32)22-8-9-22)17-34-24-12-20(13-24)15-31/h3-7,10,14,16-17,20,22,24H,2,8-9,11-13,15,18,31-32H2,1H3,(H,33,36)/b21-10+,27-26+,34-17?. The number of carbonyl (C=O) groups is 1. The van der Waals surface area contributed by atoms with Gasteiger partial charge in [-0.15, -0.1) is 0 Å². The lowest BCUT2D eigenvalue weighted by atomic mass is 9.81. The Kier molecular flexibility index (Phi) is 9.06. The number of rotatable bonds is 11. The molecule has 2 aromatic rings. The Hall–Kier alpha value is -3.52. The summed E-state index contributed by atoms with van der Waals surface area (Å²) in [5, 5.41) is 2.74. The van der Waals surface area contributed by atoms with E-state index in [-0.39, 0.29) is 19.2 Å². The van der Waals surface area contributed by atoms with Crippen molar-refractivity contribution in [2.75, 3.05) is 13.1 Å². The lowest BCUT2D eigenvalue weighted by Gasteiger charge is -2.31. The Morgan fingerprint density at radius 2 is 2.03 bits per heavy atom. The average molecular weight is 506 g/mol. The maximum Gasteiger partial charge on any atom is 0.407 e. The fourth-order valence-corrected chi connectivity index (χ4v) is 4.46. The van der Waals surface area contributed by atoms with Crippen molar-refractivity contribution < 1.29 is 13.9 Å². The van der Waals surface area contributed by atoms with Crippen LogP contribution in [0.3, 0.4) is 0 Å². The third-order valence-electron chi connectivity index (χ3n) is 6.93. The summed E-state index contributed by atoms with van der Waals surface area (Å²) in [5.74, 6) is 0.394. The predicted octanol–water partition coefficient (Wildman–Crippen LogP) is 4.83. The third-order valence-corrected chi connectivity index (χ3v) is 6.93. The Labute approximate surface area is 217 Å². The number of hydrogen-bond acceptors (Lipinski definition) is 6. The van der Waals surface area contributed by atoms with Gasteiger partial charge in [-0.25, -0.2) is 9.18 Å². The topological polar surface area (TPSA) is 116 Å². The van der Waals surface area contributed by atoms with Gasteiger partial charge >= 0.3 is 6.09 Å². The lowest BCUT2D eigenvalue weighted by molar-refractivity contribution is 0.141. The molecular weight excluding hydrogens is 469 g/mol. The molecule has 0 bridgehead atoms. The first-order valence-electron chi connectivity index (χ1n) is 13.0. The largest absolute Gasteiger partial charge is 0.445 e. The summed E-state index contributed by atoms with van der Waals surface area (Å²) in [5.41, 5.74) is 16.9. The number of nitrogens with zero attached hydrogens (tertiary/aromatic N) is 2. The molecule has 2 aliphatic carbocycles. The van der Waals surface area contributed by atoms with E-state index < -0.39 is 11.9 Å². The van der Waals surface area contributed by atoms with Gasteiger partial charge in [-0.2, -0.15) is 0 Å². The second kappa shape index (κ2) is 12.6. The lowest BCUT2D eigenvalue weighted by Crippen LogP contribution is -2.32. The molecule has 196 valence electrons. The van der Waals surface area contributed by atoms with Crippen molar-refractivity contribution >= 4 is 23.5 Å². The van der Waals surface area contributed by atoms with E-state index in [0.717, 1.165) is 48.1 Å². The van der Waals surface area contributed by atoms with Crippen LogP contribution in [-0.4, -0.2) is 36.4 Å². The average Bonchev–Trinajstić information content (AvgIpc) is 3.73. The first kappa shape index (κ1) is 26.5. The van der Waals surface area contributed by atoms with Crippen molar-refractivity contribution in [3.63, 3.8) is 0 Å². The smallest absolute Gasteiger partial charge is 0.407 e. The molecule has 8 heteroatoms.